The lowest BCUT2D eigenvalue weighted by atomic mass is 10.0. The maximum absolute atomic E-state index is 12.6. The molecule has 5 aromatic heterocycles. The van der Waals surface area contributed by atoms with Gasteiger partial charge < -0.3 is 29.5 Å². The first-order chi connectivity index (χ1) is 34.2. The van der Waals surface area contributed by atoms with Gasteiger partial charge in [0.1, 0.15) is 54.3 Å². The molecule has 0 radical (unpaired) electrons. The Balaban J connectivity index is 0.000000209. The molecule has 430 valence electrons. The number of sulfonamides is 5. The number of ether oxygens (including phenoxy) is 3. The van der Waals surface area contributed by atoms with Gasteiger partial charge in [0.25, 0.3) is 0 Å². The summed E-state index contributed by atoms with van der Waals surface area (Å²) in [4.78, 5) is 1.80. The molecule has 3 saturated heterocycles. The normalized spacial score (nSPS) is 17.6. The monoisotopic (exact) mass is 1410 g/mol. The third kappa shape index (κ3) is 17.9. The van der Waals surface area contributed by atoms with Crippen LogP contribution in [0.4, 0.5) is 0 Å². The van der Waals surface area contributed by atoms with Crippen LogP contribution < -0.4 is 24.2 Å². The lowest BCUT2D eigenvalue weighted by Crippen LogP contribution is -2.54. The average molecular weight is 1420 g/mol. The van der Waals surface area contributed by atoms with Crippen LogP contribution in [0.25, 0.3) is 0 Å². The zero-order valence-corrected chi connectivity index (χ0v) is 56.1. The molecule has 8 rings (SSSR count). The summed E-state index contributed by atoms with van der Waals surface area (Å²) in [6.45, 7) is 21.7. The minimum Gasteiger partial charge on any atom is -0.379 e. The number of rotatable bonds is 12. The summed E-state index contributed by atoms with van der Waals surface area (Å²) < 4.78 is 138. The minimum atomic E-state index is -3.66. The number of hydrogen-bond donors (Lipinski definition) is 8. The lowest BCUT2D eigenvalue weighted by Gasteiger charge is -2.36. The van der Waals surface area contributed by atoms with Crippen molar-refractivity contribution in [2.75, 3.05) is 39.6 Å². The summed E-state index contributed by atoms with van der Waals surface area (Å²) in [5.41, 5.74) is -3.06. The second-order valence-corrected chi connectivity index (χ2v) is 48.7. The first-order valence-electron chi connectivity index (χ1n) is 22.0. The van der Waals surface area contributed by atoms with E-state index in [2.05, 4.69) is 82.2 Å². The van der Waals surface area contributed by atoms with Gasteiger partial charge in [0.2, 0.25) is 50.1 Å². The molecule has 0 aliphatic carbocycles. The Hall–Kier alpha value is -0.796. The topological polar surface area (TPSA) is 361 Å². The standard InChI is InChI=1S/C13H23NO4S2Si.C10H18BrNO2S2Si.2C7H9NO4S2.C4H4BrNO2S2/c1-12(2,3)21(4,5)14-20(16,17)11-7-6-10(19-11)13(15)8-18-9-13;1-10(2,3)17(4,5)12-16(13,14)9-7-6-8(11)15-9;2*8-14(10,11)6-2-1-5(13-6)7(9)3-12-4-7;5-3-1-2-4(9-3)10(6,7)8/h6-7,14-15H,8-9H2,1-5H3;6-7,12H,1-5H3;2*1-2,9H,3-4H2,(H2,8,10,11);1-2H,(H2,6,7,8). The summed E-state index contributed by atoms with van der Waals surface area (Å²) in [6.07, 6.45) is 0. The van der Waals surface area contributed by atoms with Crippen molar-refractivity contribution in [3.63, 3.8) is 0 Å². The number of nitrogens with two attached hydrogens (primary N) is 3. The van der Waals surface area contributed by atoms with Crippen LogP contribution in [-0.4, -0.2) is 114 Å². The van der Waals surface area contributed by atoms with Crippen molar-refractivity contribution < 1.29 is 71.6 Å². The fraction of sp³-hybridized carbons (Fsp3) is 0.512. The highest BCUT2D eigenvalue weighted by Gasteiger charge is 2.44. The molecule has 35 heteroatoms. The number of nitrogens with one attached hydrogen (secondary N) is 2. The number of thiophene rings is 5. The van der Waals surface area contributed by atoms with Crippen LogP contribution in [0.1, 0.15) is 56.2 Å². The van der Waals surface area contributed by atoms with Gasteiger partial charge in [-0.1, -0.05) is 67.7 Å². The summed E-state index contributed by atoms with van der Waals surface area (Å²) in [5, 5.41) is 44.4. The fourth-order valence-electron chi connectivity index (χ4n) is 5.45. The van der Waals surface area contributed by atoms with Gasteiger partial charge in [0, 0.05) is 14.6 Å². The highest BCUT2D eigenvalue weighted by Crippen LogP contribution is 2.40. The third-order valence-corrected chi connectivity index (χ3v) is 40.0. The Morgan fingerprint density at radius 3 is 0.868 bits per heavy atom. The van der Waals surface area contributed by atoms with E-state index in [1.54, 1.807) is 42.5 Å². The van der Waals surface area contributed by atoms with Crippen molar-refractivity contribution in [3.8, 4) is 0 Å². The molecule has 76 heavy (non-hydrogen) atoms. The zero-order chi connectivity index (χ0) is 58.2. The van der Waals surface area contributed by atoms with Gasteiger partial charge in [-0.2, -0.15) is 0 Å². The fourth-order valence-corrected chi connectivity index (χ4v) is 25.0. The van der Waals surface area contributed by atoms with Gasteiger partial charge in [-0.3, -0.25) is 0 Å². The van der Waals surface area contributed by atoms with Gasteiger partial charge in [-0.15, -0.1) is 56.7 Å². The van der Waals surface area contributed by atoms with E-state index in [1.165, 1.54) is 29.5 Å². The van der Waals surface area contributed by atoms with Crippen LogP contribution in [0.15, 0.2) is 89.3 Å². The van der Waals surface area contributed by atoms with E-state index in [9.17, 15) is 57.4 Å². The van der Waals surface area contributed by atoms with Gasteiger partial charge in [-0.25, -0.2) is 66.3 Å². The van der Waals surface area contributed by atoms with Gasteiger partial charge in [-0.05, 0) is 103 Å². The molecule has 0 aromatic carbocycles. The van der Waals surface area contributed by atoms with Crippen molar-refractivity contribution in [2.45, 2.75) is 116 Å². The second-order valence-electron chi connectivity index (χ2n) is 20.6. The van der Waals surface area contributed by atoms with Gasteiger partial charge >= 0.3 is 0 Å². The van der Waals surface area contributed by atoms with Crippen LogP contribution in [0, 0.1) is 0 Å². The summed E-state index contributed by atoms with van der Waals surface area (Å²) in [7, 11) is -22.0. The van der Waals surface area contributed by atoms with Gasteiger partial charge in [0.05, 0.1) is 47.2 Å². The van der Waals surface area contributed by atoms with E-state index in [4.69, 9.17) is 29.6 Å². The maximum Gasteiger partial charge on any atom is 0.247 e. The molecule has 0 spiro atoms. The van der Waals surface area contributed by atoms with Crippen molar-refractivity contribution >= 4 is 155 Å². The lowest BCUT2D eigenvalue weighted by molar-refractivity contribution is -0.182. The predicted octanol–water partition coefficient (Wildman–Crippen LogP) is 6.43. The first-order valence-corrected chi connectivity index (χ1v) is 41.3. The molecule has 0 saturated carbocycles. The van der Waals surface area contributed by atoms with Crippen molar-refractivity contribution in [2.24, 2.45) is 15.4 Å². The molecule has 3 fully saturated rings. The summed E-state index contributed by atoms with van der Waals surface area (Å²) in [6, 6.07) is 15.6. The van der Waals surface area contributed by atoms with E-state index >= 15 is 0 Å². The Bertz CT molecular complexity index is 3300. The Morgan fingerprint density at radius 2 is 0.671 bits per heavy atom. The second kappa shape index (κ2) is 24.6. The van der Waals surface area contributed by atoms with Crippen LogP contribution in [-0.2, 0) is 81.1 Å². The van der Waals surface area contributed by atoms with Crippen molar-refractivity contribution in [1.82, 2.24) is 8.78 Å². The van der Waals surface area contributed by atoms with E-state index in [1.807, 2.05) is 26.2 Å². The van der Waals surface area contributed by atoms with Crippen LogP contribution >= 0.6 is 88.5 Å². The molecule has 0 atom stereocenters. The van der Waals surface area contributed by atoms with E-state index in [0.717, 1.165) is 52.9 Å². The molecule has 3 aliphatic heterocycles. The summed E-state index contributed by atoms with van der Waals surface area (Å²) >= 11 is 11.8. The van der Waals surface area contributed by atoms with E-state index < -0.39 is 83.4 Å². The molecule has 5 aromatic rings. The first kappa shape index (κ1) is 67.7. The average Bonchev–Trinajstić information content (AvgIpc) is 4.07. The molecule has 0 unspecified atom stereocenters. The third-order valence-electron chi connectivity index (χ3n) is 12.2. The Morgan fingerprint density at radius 1 is 0.447 bits per heavy atom. The minimum absolute atomic E-state index is 0.0193. The van der Waals surface area contributed by atoms with Crippen LogP contribution in [0.2, 0.25) is 36.3 Å². The molecular weight excluding hydrogens is 1360 g/mol. The molecule has 11 N–H and O–H groups in total. The van der Waals surface area contributed by atoms with Crippen molar-refractivity contribution in [1.29, 1.82) is 0 Å². The quantitative estimate of drug-likeness (QED) is 0.0624. The molecule has 8 heterocycles. The van der Waals surface area contributed by atoms with E-state index in [0.29, 0.717) is 18.8 Å². The van der Waals surface area contributed by atoms with Crippen LogP contribution in [0.5, 0.6) is 0 Å². The van der Waals surface area contributed by atoms with Crippen LogP contribution in [0.3, 0.4) is 0 Å². The molecular formula is C41H63Br2N5O16S10Si2. The number of aliphatic hydroxyl groups is 3. The molecule has 21 nitrogen and oxygen atoms in total. The Labute approximate surface area is 484 Å². The Kier molecular flexibility index (Phi) is 21.9. The van der Waals surface area contributed by atoms with E-state index in [-0.39, 0.29) is 66.6 Å². The summed E-state index contributed by atoms with van der Waals surface area (Å²) in [5.74, 6) is 0. The molecule has 0 amide bonds. The number of halogens is 2. The highest BCUT2D eigenvalue weighted by molar-refractivity contribution is 9.11. The molecule has 3 aliphatic rings. The number of hydrogen-bond acceptors (Lipinski definition) is 21. The maximum atomic E-state index is 12.6. The number of primary sulfonamides is 3. The predicted molar refractivity (Wildman–Crippen MR) is 310 cm³/mol. The highest BCUT2D eigenvalue weighted by atomic mass is 79.9. The van der Waals surface area contributed by atoms with Gasteiger partial charge in [0.15, 0.2) is 0 Å². The molecule has 0 bridgehead atoms. The zero-order valence-electron chi connectivity index (χ0n) is 42.7. The smallest absolute Gasteiger partial charge is 0.247 e. The largest absolute Gasteiger partial charge is 0.379 e. The SMILES string of the molecule is CC(C)(C)[Si](C)(C)NS(=O)(=O)c1ccc(Br)s1.CC(C)(C)[Si](C)(C)NS(=O)(=O)c1ccc(C2(O)COC2)s1.NS(=O)(=O)c1ccc(Br)s1.NS(=O)(=O)c1ccc(C2(O)COC2)s1.NS(=O)(=O)c1ccc(C2(O)COC2)s1. The van der Waals surface area contributed by atoms with Crippen molar-refractivity contribution in [3.05, 3.63) is 82.9 Å².